The fraction of sp³-hybridized carbons (Fsp3) is 0.167. The lowest BCUT2D eigenvalue weighted by Gasteiger charge is -2.12. The predicted octanol–water partition coefficient (Wildman–Crippen LogP) is 1.47. The van der Waals surface area contributed by atoms with E-state index in [1.807, 2.05) is 6.20 Å². The number of nitrogen functional groups attached to an aromatic ring is 1. The van der Waals surface area contributed by atoms with Crippen molar-refractivity contribution in [1.82, 2.24) is 24.7 Å². The summed E-state index contributed by atoms with van der Waals surface area (Å²) in [5.74, 6) is 0.593. The van der Waals surface area contributed by atoms with Gasteiger partial charge in [0.05, 0.1) is 17.6 Å². The zero-order valence-corrected chi connectivity index (χ0v) is 10.8. The maximum atomic E-state index is 5.79. The van der Waals surface area contributed by atoms with Gasteiger partial charge in [-0.3, -0.25) is 0 Å². The van der Waals surface area contributed by atoms with Crippen LogP contribution in [-0.4, -0.2) is 24.7 Å². The highest BCUT2D eigenvalue weighted by molar-refractivity contribution is 7.15. The molecule has 3 heterocycles. The molecule has 0 radical (unpaired) electrons. The molecule has 19 heavy (non-hydrogen) atoms. The highest BCUT2D eigenvalue weighted by Gasteiger charge is 2.25. The van der Waals surface area contributed by atoms with Gasteiger partial charge >= 0.3 is 0 Å². The Balaban J connectivity index is 1.90. The van der Waals surface area contributed by atoms with Crippen LogP contribution in [0.4, 0.5) is 5.13 Å². The average Bonchev–Trinajstić information content (AvgIpc) is 3.01. The minimum absolute atomic E-state index is 0.593. The Morgan fingerprint density at radius 2 is 2.05 bits per heavy atom. The summed E-state index contributed by atoms with van der Waals surface area (Å²) in [6.07, 6.45) is 7.10. The number of nitrogens with zero attached hydrogens (tertiary/aromatic N) is 5. The van der Waals surface area contributed by atoms with Crippen molar-refractivity contribution >= 4 is 16.5 Å². The minimum atomic E-state index is 0.593. The Bertz CT molecular complexity index is 745. The molecule has 0 aromatic carbocycles. The largest absolute Gasteiger partial charge is 0.375 e. The third-order valence-electron chi connectivity index (χ3n) is 3.17. The van der Waals surface area contributed by atoms with Crippen molar-refractivity contribution in [2.45, 2.75) is 12.8 Å². The molecule has 3 aromatic heterocycles. The standard InChI is InChI=1S/C12H10N6S/c13-11-17-10-7-6-16-18(12-14-4-1-5-15-12)8(7)2-3-9(10)19-11/h1,4-6H,2-3H2,(H2,13,17). The van der Waals surface area contributed by atoms with E-state index in [9.17, 15) is 0 Å². The van der Waals surface area contributed by atoms with E-state index >= 15 is 0 Å². The Labute approximate surface area is 113 Å². The van der Waals surface area contributed by atoms with Crippen LogP contribution in [-0.2, 0) is 12.8 Å². The van der Waals surface area contributed by atoms with Gasteiger partial charge in [0, 0.05) is 22.8 Å². The van der Waals surface area contributed by atoms with Gasteiger partial charge in [-0.1, -0.05) is 0 Å². The third-order valence-corrected chi connectivity index (χ3v) is 4.11. The van der Waals surface area contributed by atoms with Gasteiger partial charge in [0.25, 0.3) is 5.95 Å². The van der Waals surface area contributed by atoms with Gasteiger partial charge in [-0.15, -0.1) is 11.3 Å². The molecule has 6 nitrogen and oxygen atoms in total. The molecule has 0 saturated carbocycles. The second-order valence-corrected chi connectivity index (χ2v) is 5.40. The summed E-state index contributed by atoms with van der Waals surface area (Å²) in [5.41, 5.74) is 8.90. The maximum Gasteiger partial charge on any atom is 0.250 e. The monoisotopic (exact) mass is 270 g/mol. The quantitative estimate of drug-likeness (QED) is 0.724. The van der Waals surface area contributed by atoms with Crippen molar-refractivity contribution in [3.05, 3.63) is 35.2 Å². The summed E-state index contributed by atoms with van der Waals surface area (Å²) in [4.78, 5) is 14.1. The van der Waals surface area contributed by atoms with Crippen molar-refractivity contribution in [2.24, 2.45) is 0 Å². The van der Waals surface area contributed by atoms with Crippen molar-refractivity contribution in [3.63, 3.8) is 0 Å². The van der Waals surface area contributed by atoms with Crippen LogP contribution in [0.1, 0.15) is 10.6 Å². The molecule has 3 aromatic rings. The number of hydrogen-bond donors (Lipinski definition) is 1. The minimum Gasteiger partial charge on any atom is -0.375 e. The topological polar surface area (TPSA) is 82.5 Å². The van der Waals surface area contributed by atoms with Gasteiger partial charge in [-0.05, 0) is 18.9 Å². The number of hydrogen-bond acceptors (Lipinski definition) is 6. The summed E-state index contributed by atoms with van der Waals surface area (Å²) in [5, 5.41) is 5.00. The van der Waals surface area contributed by atoms with Crippen LogP contribution in [0, 0.1) is 0 Å². The summed E-state index contributed by atoms with van der Waals surface area (Å²) in [6, 6.07) is 1.79. The molecule has 1 aliphatic rings. The molecule has 2 N–H and O–H groups in total. The molecular formula is C12H10N6S. The number of nitrogens with two attached hydrogens (primary N) is 1. The fourth-order valence-corrected chi connectivity index (χ4v) is 3.21. The molecule has 0 aliphatic heterocycles. The molecular weight excluding hydrogens is 260 g/mol. The van der Waals surface area contributed by atoms with Crippen molar-refractivity contribution in [1.29, 1.82) is 0 Å². The van der Waals surface area contributed by atoms with E-state index in [2.05, 4.69) is 20.1 Å². The van der Waals surface area contributed by atoms with Gasteiger partial charge < -0.3 is 5.73 Å². The molecule has 0 amide bonds. The molecule has 1 aliphatic carbocycles. The second kappa shape index (κ2) is 3.86. The van der Waals surface area contributed by atoms with Crippen LogP contribution in [0.15, 0.2) is 24.7 Å². The Morgan fingerprint density at radius 3 is 2.89 bits per heavy atom. The van der Waals surface area contributed by atoms with Gasteiger partial charge in [0.1, 0.15) is 0 Å². The van der Waals surface area contributed by atoms with Crippen LogP contribution in [0.2, 0.25) is 0 Å². The normalized spacial score (nSPS) is 13.1. The average molecular weight is 270 g/mol. The van der Waals surface area contributed by atoms with Gasteiger partial charge in [-0.2, -0.15) is 5.10 Å². The van der Waals surface area contributed by atoms with E-state index in [0.29, 0.717) is 11.1 Å². The van der Waals surface area contributed by atoms with Crippen LogP contribution in [0.5, 0.6) is 0 Å². The van der Waals surface area contributed by atoms with E-state index < -0.39 is 0 Å². The van der Waals surface area contributed by atoms with Gasteiger partial charge in [-0.25, -0.2) is 19.6 Å². The van der Waals surface area contributed by atoms with Gasteiger partial charge in [0.2, 0.25) is 0 Å². The van der Waals surface area contributed by atoms with Crippen molar-refractivity contribution in [3.8, 4) is 17.2 Å². The molecule has 0 spiro atoms. The summed E-state index contributed by atoms with van der Waals surface area (Å²) < 4.78 is 1.79. The molecule has 0 atom stereocenters. The lowest BCUT2D eigenvalue weighted by molar-refractivity contribution is 0.741. The zero-order valence-electron chi connectivity index (χ0n) is 9.95. The zero-order chi connectivity index (χ0) is 12.8. The van der Waals surface area contributed by atoms with E-state index in [1.54, 1.807) is 34.5 Å². The van der Waals surface area contributed by atoms with Crippen LogP contribution < -0.4 is 5.73 Å². The lowest BCUT2D eigenvalue weighted by Crippen LogP contribution is -2.10. The van der Waals surface area contributed by atoms with Crippen molar-refractivity contribution in [2.75, 3.05) is 5.73 Å². The van der Waals surface area contributed by atoms with E-state index in [-0.39, 0.29) is 0 Å². The number of thiazole rings is 1. The number of rotatable bonds is 1. The Kier molecular flexibility index (Phi) is 2.16. The van der Waals surface area contributed by atoms with Crippen LogP contribution >= 0.6 is 11.3 Å². The highest BCUT2D eigenvalue weighted by atomic mass is 32.1. The molecule has 4 rings (SSSR count). The molecule has 0 bridgehead atoms. The first-order valence-electron chi connectivity index (χ1n) is 5.93. The number of anilines is 1. The molecule has 7 heteroatoms. The van der Waals surface area contributed by atoms with Crippen LogP contribution in [0.25, 0.3) is 17.2 Å². The molecule has 0 unspecified atom stereocenters. The second-order valence-electron chi connectivity index (χ2n) is 4.29. The number of aryl methyl sites for hydroxylation is 1. The first-order chi connectivity index (χ1) is 9.33. The molecule has 0 fully saturated rings. The smallest absolute Gasteiger partial charge is 0.250 e. The summed E-state index contributed by atoms with van der Waals surface area (Å²) in [7, 11) is 0. The first kappa shape index (κ1) is 10.6. The van der Waals surface area contributed by atoms with Gasteiger partial charge in [0.15, 0.2) is 5.13 Å². The van der Waals surface area contributed by atoms with Crippen molar-refractivity contribution < 1.29 is 0 Å². The lowest BCUT2D eigenvalue weighted by atomic mass is 10.0. The Morgan fingerprint density at radius 1 is 1.21 bits per heavy atom. The molecule has 94 valence electrons. The Hall–Kier alpha value is -2.28. The van der Waals surface area contributed by atoms with Crippen LogP contribution in [0.3, 0.4) is 0 Å². The van der Waals surface area contributed by atoms with E-state index in [1.165, 1.54) is 4.88 Å². The summed E-state index contributed by atoms with van der Waals surface area (Å²) >= 11 is 1.56. The number of fused-ring (bicyclic) bond motifs is 3. The van der Waals surface area contributed by atoms with E-state index in [4.69, 9.17) is 5.73 Å². The summed E-state index contributed by atoms with van der Waals surface area (Å²) in [6.45, 7) is 0. The third kappa shape index (κ3) is 1.55. The first-order valence-corrected chi connectivity index (χ1v) is 6.74. The molecule has 0 saturated heterocycles. The maximum absolute atomic E-state index is 5.79. The number of aromatic nitrogens is 5. The predicted molar refractivity (Wildman–Crippen MR) is 72.1 cm³/mol. The highest BCUT2D eigenvalue weighted by Crippen LogP contribution is 2.37. The SMILES string of the molecule is Nc1nc2c(s1)CCc1c-2cnn1-c1ncccn1. The van der Waals surface area contributed by atoms with E-state index in [0.717, 1.165) is 29.8 Å². The fourth-order valence-electron chi connectivity index (χ4n) is 2.37.